The van der Waals surface area contributed by atoms with Crippen molar-refractivity contribution in [2.45, 2.75) is 59.5 Å². The van der Waals surface area contributed by atoms with Gasteiger partial charge in [0.2, 0.25) is 0 Å². The zero-order chi connectivity index (χ0) is 15.0. The third-order valence-electron chi connectivity index (χ3n) is 4.14. The zero-order valence-electron chi connectivity index (χ0n) is 12.9. The molecule has 1 N–H and O–H groups in total. The summed E-state index contributed by atoms with van der Waals surface area (Å²) in [5.74, 6) is -0.226. The summed E-state index contributed by atoms with van der Waals surface area (Å²) in [4.78, 5) is 0. The highest BCUT2D eigenvalue weighted by Gasteiger charge is 2.38. The van der Waals surface area contributed by atoms with Crippen LogP contribution in [0.4, 0.5) is 4.39 Å². The molecule has 0 radical (unpaired) electrons. The Morgan fingerprint density at radius 2 is 1.80 bits per heavy atom. The quantitative estimate of drug-likeness (QED) is 0.811. The molecule has 2 rings (SSSR count). The van der Waals surface area contributed by atoms with Gasteiger partial charge in [0.15, 0.2) is 0 Å². The molecular weight excluding hydrogens is 273 g/mol. The molecule has 0 unspecified atom stereocenters. The van der Waals surface area contributed by atoms with E-state index in [9.17, 15) is 4.39 Å². The van der Waals surface area contributed by atoms with Gasteiger partial charge in [-0.05, 0) is 53.9 Å². The van der Waals surface area contributed by atoms with E-state index in [1.165, 1.54) is 18.6 Å². The zero-order valence-corrected chi connectivity index (χ0v) is 13.6. The van der Waals surface area contributed by atoms with Crippen molar-refractivity contribution in [2.24, 2.45) is 10.8 Å². The fraction of sp³-hybridized carbons (Fsp3) is 0.647. The molecule has 1 aromatic rings. The molecule has 0 spiro atoms. The van der Waals surface area contributed by atoms with Crippen LogP contribution >= 0.6 is 11.6 Å². The van der Waals surface area contributed by atoms with Crippen molar-refractivity contribution in [3.05, 3.63) is 34.6 Å². The van der Waals surface area contributed by atoms with E-state index in [4.69, 9.17) is 11.6 Å². The van der Waals surface area contributed by atoms with Crippen LogP contribution in [0.2, 0.25) is 5.02 Å². The highest BCUT2D eigenvalue weighted by atomic mass is 35.5. The highest BCUT2D eigenvalue weighted by molar-refractivity contribution is 6.31. The summed E-state index contributed by atoms with van der Waals surface area (Å²) in [6.07, 6.45) is 3.56. The van der Waals surface area contributed by atoms with Crippen molar-refractivity contribution in [3.8, 4) is 0 Å². The predicted molar refractivity (Wildman–Crippen MR) is 83.5 cm³/mol. The van der Waals surface area contributed by atoms with Gasteiger partial charge >= 0.3 is 0 Å². The van der Waals surface area contributed by atoms with Crippen LogP contribution in [0.5, 0.6) is 0 Å². The summed E-state index contributed by atoms with van der Waals surface area (Å²) in [5, 5.41) is 4.20. The van der Waals surface area contributed by atoms with Gasteiger partial charge in [0.1, 0.15) is 5.82 Å². The third kappa shape index (κ3) is 4.20. The molecule has 1 aromatic carbocycles. The Bertz CT molecular complexity index is 466. The van der Waals surface area contributed by atoms with E-state index in [-0.39, 0.29) is 5.82 Å². The van der Waals surface area contributed by atoms with Crippen LogP contribution in [-0.4, -0.2) is 6.04 Å². The molecule has 0 atom stereocenters. The first-order chi connectivity index (χ1) is 9.17. The van der Waals surface area contributed by atoms with Gasteiger partial charge in [0.25, 0.3) is 0 Å². The number of halogens is 2. The molecule has 1 aliphatic rings. The Labute approximate surface area is 126 Å². The normalized spacial score (nSPS) is 21.9. The number of rotatable bonds is 3. The second-order valence-corrected chi connectivity index (χ2v) is 8.13. The van der Waals surface area contributed by atoms with Crippen molar-refractivity contribution < 1.29 is 4.39 Å². The van der Waals surface area contributed by atoms with Gasteiger partial charge in [-0.25, -0.2) is 4.39 Å². The summed E-state index contributed by atoms with van der Waals surface area (Å²) in [6, 6.07) is 5.02. The molecule has 0 amide bonds. The Morgan fingerprint density at radius 3 is 2.40 bits per heavy atom. The summed E-state index contributed by atoms with van der Waals surface area (Å²) in [5.41, 5.74) is 1.55. The Balaban J connectivity index is 2.01. The fourth-order valence-corrected chi connectivity index (χ4v) is 4.11. The smallest absolute Gasteiger partial charge is 0.123 e. The minimum absolute atomic E-state index is 0.226. The van der Waals surface area contributed by atoms with Gasteiger partial charge in [-0.15, -0.1) is 0 Å². The molecule has 1 saturated carbocycles. The lowest BCUT2D eigenvalue weighted by molar-refractivity contribution is 0.0845. The van der Waals surface area contributed by atoms with Crippen molar-refractivity contribution >= 4 is 11.6 Å². The molecule has 0 saturated heterocycles. The number of hydrogen-bond donors (Lipinski definition) is 1. The molecule has 0 heterocycles. The predicted octanol–water partition coefficient (Wildman–Crippen LogP) is 5.17. The Morgan fingerprint density at radius 1 is 1.20 bits per heavy atom. The van der Waals surface area contributed by atoms with Crippen LogP contribution in [0.25, 0.3) is 0 Å². The second kappa shape index (κ2) is 5.65. The lowest BCUT2D eigenvalue weighted by Gasteiger charge is -2.45. The third-order valence-corrected chi connectivity index (χ3v) is 4.51. The minimum atomic E-state index is -0.226. The first-order valence-corrected chi connectivity index (χ1v) is 7.72. The lowest BCUT2D eigenvalue weighted by Crippen LogP contribution is -2.43. The Kier molecular flexibility index (Phi) is 4.46. The largest absolute Gasteiger partial charge is 0.310 e. The maximum absolute atomic E-state index is 13.3. The lowest BCUT2D eigenvalue weighted by atomic mass is 9.63. The van der Waals surface area contributed by atoms with Gasteiger partial charge in [-0.3, -0.25) is 0 Å². The highest BCUT2D eigenvalue weighted by Crippen LogP contribution is 2.45. The SMILES string of the molecule is CC1(C)CC(NCc2cc(F)ccc2Cl)CC(C)(C)C1. The molecule has 20 heavy (non-hydrogen) atoms. The van der Waals surface area contributed by atoms with Crippen molar-refractivity contribution in [3.63, 3.8) is 0 Å². The average Bonchev–Trinajstić information content (AvgIpc) is 2.26. The van der Waals surface area contributed by atoms with E-state index < -0.39 is 0 Å². The van der Waals surface area contributed by atoms with Gasteiger partial charge in [0, 0.05) is 17.6 Å². The molecule has 1 nitrogen and oxygen atoms in total. The average molecular weight is 298 g/mol. The topological polar surface area (TPSA) is 12.0 Å². The molecule has 112 valence electrons. The monoisotopic (exact) mass is 297 g/mol. The maximum atomic E-state index is 13.3. The van der Waals surface area contributed by atoms with E-state index in [0.29, 0.717) is 28.4 Å². The summed E-state index contributed by atoms with van der Waals surface area (Å²) in [7, 11) is 0. The molecule has 0 aromatic heterocycles. The van der Waals surface area contributed by atoms with Gasteiger partial charge in [-0.1, -0.05) is 39.3 Å². The van der Waals surface area contributed by atoms with Crippen LogP contribution in [0.1, 0.15) is 52.5 Å². The molecule has 0 aliphatic heterocycles. The van der Waals surface area contributed by atoms with Crippen LogP contribution < -0.4 is 5.32 Å². The first kappa shape index (κ1) is 15.8. The standard InChI is InChI=1S/C17H25ClFN/c1-16(2)8-14(9-17(3,4)11-16)20-10-12-7-13(19)5-6-15(12)18/h5-7,14,20H,8-11H2,1-4H3. The number of benzene rings is 1. The van der Waals surface area contributed by atoms with E-state index in [1.807, 2.05) is 0 Å². The molecular formula is C17H25ClFN. The van der Waals surface area contributed by atoms with Crippen molar-refractivity contribution in [1.82, 2.24) is 5.32 Å². The van der Waals surface area contributed by atoms with Crippen LogP contribution in [0.3, 0.4) is 0 Å². The summed E-state index contributed by atoms with van der Waals surface area (Å²) in [6.45, 7) is 9.96. The van der Waals surface area contributed by atoms with Crippen molar-refractivity contribution in [2.75, 3.05) is 0 Å². The number of nitrogens with one attached hydrogen (secondary N) is 1. The van der Waals surface area contributed by atoms with Crippen LogP contribution in [0.15, 0.2) is 18.2 Å². The van der Waals surface area contributed by atoms with Crippen LogP contribution in [-0.2, 0) is 6.54 Å². The number of hydrogen-bond acceptors (Lipinski definition) is 1. The van der Waals surface area contributed by atoms with E-state index in [1.54, 1.807) is 6.07 Å². The summed E-state index contributed by atoms with van der Waals surface area (Å²) < 4.78 is 13.3. The Hall–Kier alpha value is -0.600. The van der Waals surface area contributed by atoms with E-state index >= 15 is 0 Å². The van der Waals surface area contributed by atoms with Crippen molar-refractivity contribution in [1.29, 1.82) is 0 Å². The molecule has 1 fully saturated rings. The van der Waals surface area contributed by atoms with Gasteiger partial charge in [0.05, 0.1) is 0 Å². The molecule has 0 bridgehead atoms. The van der Waals surface area contributed by atoms with E-state index in [0.717, 1.165) is 18.4 Å². The van der Waals surface area contributed by atoms with E-state index in [2.05, 4.69) is 33.0 Å². The second-order valence-electron chi connectivity index (χ2n) is 7.73. The fourth-order valence-electron chi connectivity index (χ4n) is 3.92. The molecule has 3 heteroatoms. The minimum Gasteiger partial charge on any atom is -0.310 e. The first-order valence-electron chi connectivity index (χ1n) is 7.34. The maximum Gasteiger partial charge on any atom is 0.123 e. The summed E-state index contributed by atoms with van der Waals surface area (Å²) >= 11 is 6.12. The molecule has 1 aliphatic carbocycles. The van der Waals surface area contributed by atoms with Crippen LogP contribution in [0, 0.1) is 16.6 Å². The van der Waals surface area contributed by atoms with Gasteiger partial charge < -0.3 is 5.32 Å². The van der Waals surface area contributed by atoms with Gasteiger partial charge in [-0.2, -0.15) is 0 Å².